The van der Waals surface area contributed by atoms with E-state index < -0.39 is 5.97 Å². The maximum Gasteiger partial charge on any atom is 0.344 e. The molecule has 0 unspecified atom stereocenters. The standard InChI is InChI=1S/C21H17N3O4S/c1-15(25)24(18-5-3-2-4-6-18)21-23-17(14-29-21)12-28-20(26)13-27-19-9-7-16(11-22)8-10-19/h2-10,14H,12-13H2,1H3. The number of nitriles is 1. The zero-order valence-electron chi connectivity index (χ0n) is 15.6. The molecule has 146 valence electrons. The van der Waals surface area contributed by atoms with Crippen LogP contribution >= 0.6 is 11.3 Å². The van der Waals surface area contributed by atoms with Crippen LogP contribution in [0.15, 0.2) is 60.0 Å². The molecule has 0 aliphatic rings. The van der Waals surface area contributed by atoms with Crippen LogP contribution in [0.5, 0.6) is 5.75 Å². The average Bonchev–Trinajstić information content (AvgIpc) is 3.20. The van der Waals surface area contributed by atoms with Gasteiger partial charge in [0.05, 0.1) is 23.0 Å². The van der Waals surface area contributed by atoms with Gasteiger partial charge in [0.2, 0.25) is 5.91 Å². The Bertz CT molecular complexity index is 1030. The second kappa shape index (κ2) is 9.48. The van der Waals surface area contributed by atoms with Gasteiger partial charge in [-0.3, -0.25) is 9.69 Å². The molecular formula is C21H17N3O4S. The maximum absolute atomic E-state index is 12.1. The van der Waals surface area contributed by atoms with Gasteiger partial charge < -0.3 is 9.47 Å². The van der Waals surface area contributed by atoms with Crippen molar-refractivity contribution in [2.75, 3.05) is 11.5 Å². The van der Waals surface area contributed by atoms with Gasteiger partial charge in [0.1, 0.15) is 12.4 Å². The fourth-order valence-corrected chi connectivity index (χ4v) is 3.30. The molecule has 0 bridgehead atoms. The van der Waals surface area contributed by atoms with E-state index >= 15 is 0 Å². The Hall–Kier alpha value is -3.70. The number of hydrogen-bond acceptors (Lipinski definition) is 7. The number of aromatic nitrogens is 1. The fraction of sp³-hybridized carbons (Fsp3) is 0.143. The molecule has 3 aromatic rings. The van der Waals surface area contributed by atoms with Crippen molar-refractivity contribution >= 4 is 34.0 Å². The van der Waals surface area contributed by atoms with Gasteiger partial charge in [-0.2, -0.15) is 5.26 Å². The van der Waals surface area contributed by atoms with Gasteiger partial charge in [-0.05, 0) is 36.4 Å². The summed E-state index contributed by atoms with van der Waals surface area (Å²) in [6, 6.07) is 17.6. The molecule has 0 aliphatic carbocycles. The van der Waals surface area contributed by atoms with E-state index in [9.17, 15) is 9.59 Å². The predicted molar refractivity (Wildman–Crippen MR) is 108 cm³/mol. The van der Waals surface area contributed by atoms with Gasteiger partial charge in [-0.15, -0.1) is 11.3 Å². The van der Waals surface area contributed by atoms with Crippen molar-refractivity contribution in [3.8, 4) is 11.8 Å². The Morgan fingerprint density at radius 1 is 1.14 bits per heavy atom. The van der Waals surface area contributed by atoms with Crippen LogP contribution in [0.25, 0.3) is 0 Å². The molecule has 0 radical (unpaired) electrons. The van der Waals surface area contributed by atoms with Crippen molar-refractivity contribution in [1.82, 2.24) is 4.98 Å². The molecular weight excluding hydrogens is 390 g/mol. The molecule has 0 saturated heterocycles. The van der Waals surface area contributed by atoms with Crippen LogP contribution < -0.4 is 9.64 Å². The molecule has 29 heavy (non-hydrogen) atoms. The average molecular weight is 407 g/mol. The van der Waals surface area contributed by atoms with E-state index in [1.807, 2.05) is 36.4 Å². The second-order valence-corrected chi connectivity index (χ2v) is 6.73. The Balaban J connectivity index is 1.55. The zero-order valence-corrected chi connectivity index (χ0v) is 16.4. The van der Waals surface area contributed by atoms with Crippen molar-refractivity contribution in [3.05, 3.63) is 71.2 Å². The summed E-state index contributed by atoms with van der Waals surface area (Å²) in [4.78, 5) is 29.8. The molecule has 0 fully saturated rings. The van der Waals surface area contributed by atoms with Crippen molar-refractivity contribution in [3.63, 3.8) is 0 Å². The lowest BCUT2D eigenvalue weighted by Crippen LogP contribution is -2.22. The van der Waals surface area contributed by atoms with Gasteiger partial charge in [-0.25, -0.2) is 9.78 Å². The first-order valence-electron chi connectivity index (χ1n) is 8.65. The highest BCUT2D eigenvalue weighted by molar-refractivity contribution is 7.14. The number of esters is 1. The molecule has 2 aromatic carbocycles. The summed E-state index contributed by atoms with van der Waals surface area (Å²) in [5.74, 6) is -0.239. The number of anilines is 2. The molecule has 0 aliphatic heterocycles. The van der Waals surface area contributed by atoms with Crippen LogP contribution in [-0.4, -0.2) is 23.5 Å². The number of carbonyl (C=O) groups excluding carboxylic acids is 2. The van der Waals surface area contributed by atoms with E-state index in [1.165, 1.54) is 23.2 Å². The zero-order chi connectivity index (χ0) is 20.6. The summed E-state index contributed by atoms with van der Waals surface area (Å²) in [6.45, 7) is 1.19. The third kappa shape index (κ3) is 5.40. The normalized spacial score (nSPS) is 10.1. The minimum Gasteiger partial charge on any atom is -0.482 e. The third-order valence-electron chi connectivity index (χ3n) is 3.78. The summed E-state index contributed by atoms with van der Waals surface area (Å²) in [5, 5.41) is 11.0. The first-order valence-corrected chi connectivity index (χ1v) is 9.53. The smallest absolute Gasteiger partial charge is 0.344 e. The number of hydrogen-bond donors (Lipinski definition) is 0. The van der Waals surface area contributed by atoms with Crippen LogP contribution in [0.1, 0.15) is 18.2 Å². The number of benzene rings is 2. The van der Waals surface area contributed by atoms with Gasteiger partial charge in [0.25, 0.3) is 0 Å². The largest absolute Gasteiger partial charge is 0.482 e. The van der Waals surface area contributed by atoms with Crippen LogP contribution in [0.4, 0.5) is 10.8 Å². The number of carbonyl (C=O) groups is 2. The minimum atomic E-state index is -0.546. The molecule has 0 spiro atoms. The topological polar surface area (TPSA) is 92.5 Å². The maximum atomic E-state index is 12.1. The Labute approximate surface area is 171 Å². The van der Waals surface area contributed by atoms with Crippen LogP contribution in [0.3, 0.4) is 0 Å². The monoisotopic (exact) mass is 407 g/mol. The van der Waals surface area contributed by atoms with E-state index in [0.717, 1.165) is 0 Å². The number of thiazole rings is 1. The minimum absolute atomic E-state index is 0.0212. The number of para-hydroxylation sites is 1. The molecule has 1 aromatic heterocycles. The Kier molecular flexibility index (Phi) is 6.55. The molecule has 0 N–H and O–H groups in total. The lowest BCUT2D eigenvalue weighted by atomic mass is 10.2. The molecule has 7 nitrogen and oxygen atoms in total. The lowest BCUT2D eigenvalue weighted by Gasteiger charge is -2.17. The van der Waals surface area contributed by atoms with Gasteiger partial charge in [0.15, 0.2) is 11.7 Å². The highest BCUT2D eigenvalue weighted by Gasteiger charge is 2.18. The first-order chi connectivity index (χ1) is 14.1. The van der Waals surface area contributed by atoms with Crippen LogP contribution in [0, 0.1) is 11.3 Å². The number of amides is 1. The second-order valence-electron chi connectivity index (χ2n) is 5.90. The number of rotatable bonds is 7. The van der Waals surface area contributed by atoms with Gasteiger partial charge in [0, 0.05) is 12.3 Å². The van der Waals surface area contributed by atoms with Crippen molar-refractivity contribution in [2.24, 2.45) is 0 Å². The fourth-order valence-electron chi connectivity index (χ4n) is 2.43. The molecule has 3 rings (SSSR count). The van der Waals surface area contributed by atoms with E-state index in [-0.39, 0.29) is 19.1 Å². The lowest BCUT2D eigenvalue weighted by molar-refractivity contribution is -0.147. The molecule has 1 amide bonds. The first kappa shape index (κ1) is 20.0. The predicted octanol–water partition coefficient (Wildman–Crippen LogP) is 3.82. The summed E-state index contributed by atoms with van der Waals surface area (Å²) in [5.41, 5.74) is 1.77. The molecule has 8 heteroatoms. The number of nitrogens with zero attached hydrogens (tertiary/aromatic N) is 3. The Morgan fingerprint density at radius 2 is 1.86 bits per heavy atom. The van der Waals surface area contributed by atoms with Gasteiger partial charge in [-0.1, -0.05) is 18.2 Å². The quantitative estimate of drug-likeness (QED) is 0.553. The van der Waals surface area contributed by atoms with Gasteiger partial charge >= 0.3 is 5.97 Å². The van der Waals surface area contributed by atoms with Crippen molar-refractivity contribution in [2.45, 2.75) is 13.5 Å². The van der Waals surface area contributed by atoms with E-state index in [1.54, 1.807) is 29.6 Å². The van der Waals surface area contributed by atoms with Crippen molar-refractivity contribution < 1.29 is 19.1 Å². The van der Waals surface area contributed by atoms with Crippen LogP contribution in [-0.2, 0) is 20.9 Å². The molecule has 1 heterocycles. The molecule has 0 atom stereocenters. The summed E-state index contributed by atoms with van der Waals surface area (Å²) >= 11 is 1.29. The number of ether oxygens (including phenoxy) is 2. The molecule has 0 saturated carbocycles. The van der Waals surface area contributed by atoms with E-state index in [2.05, 4.69) is 4.98 Å². The highest BCUT2D eigenvalue weighted by atomic mass is 32.1. The van der Waals surface area contributed by atoms with Crippen molar-refractivity contribution in [1.29, 1.82) is 5.26 Å². The highest BCUT2D eigenvalue weighted by Crippen LogP contribution is 2.28. The Morgan fingerprint density at radius 3 is 2.52 bits per heavy atom. The van der Waals surface area contributed by atoms with E-state index in [0.29, 0.717) is 27.8 Å². The SMILES string of the molecule is CC(=O)N(c1ccccc1)c1nc(COC(=O)COc2ccc(C#N)cc2)cs1. The van der Waals surface area contributed by atoms with Crippen LogP contribution in [0.2, 0.25) is 0 Å². The summed E-state index contributed by atoms with van der Waals surface area (Å²) in [6.07, 6.45) is 0. The summed E-state index contributed by atoms with van der Waals surface area (Å²) < 4.78 is 10.5. The van der Waals surface area contributed by atoms with E-state index in [4.69, 9.17) is 14.7 Å². The third-order valence-corrected chi connectivity index (χ3v) is 4.66. The summed E-state index contributed by atoms with van der Waals surface area (Å²) in [7, 11) is 0.